The van der Waals surface area contributed by atoms with E-state index in [0.29, 0.717) is 0 Å². The Morgan fingerprint density at radius 1 is 1.45 bits per heavy atom. The largest absolute Gasteiger partial charge is 0.396 e. The molecule has 3 nitrogen and oxygen atoms in total. The third kappa shape index (κ3) is 2.15. The van der Waals surface area contributed by atoms with Crippen LogP contribution in [0.4, 0.5) is 0 Å². The summed E-state index contributed by atoms with van der Waals surface area (Å²) in [5.41, 5.74) is 5.86. The molecule has 1 saturated carbocycles. The lowest BCUT2D eigenvalue weighted by atomic mass is 9.77. The molecule has 0 aliphatic heterocycles. The zero-order chi connectivity index (χ0) is 8.16. The van der Waals surface area contributed by atoms with E-state index in [1.54, 1.807) is 0 Å². The van der Waals surface area contributed by atoms with Crippen LogP contribution < -0.4 is 11.1 Å². The molecule has 0 spiro atoms. The minimum absolute atomic E-state index is 0.231. The fraction of sp³-hybridized carbons (Fsp3) is 1.00. The van der Waals surface area contributed by atoms with Crippen LogP contribution in [0.5, 0.6) is 0 Å². The number of nitrogens with two attached hydrogens (primary N) is 1. The van der Waals surface area contributed by atoms with Crippen LogP contribution in [0.2, 0.25) is 0 Å². The molecule has 1 rings (SSSR count). The SMILES string of the molecule is NCC1(NCCCO)CCC1. The lowest BCUT2D eigenvalue weighted by Crippen LogP contribution is -2.56. The summed E-state index contributed by atoms with van der Waals surface area (Å²) in [5, 5.41) is 12.0. The molecule has 0 aromatic carbocycles. The topological polar surface area (TPSA) is 58.3 Å². The third-order valence-corrected chi connectivity index (χ3v) is 2.54. The van der Waals surface area contributed by atoms with Gasteiger partial charge in [0, 0.05) is 18.7 Å². The summed E-state index contributed by atoms with van der Waals surface area (Å²) in [4.78, 5) is 0. The molecule has 0 radical (unpaired) electrons. The predicted octanol–water partition coefficient (Wildman–Crippen LogP) is -0.160. The zero-order valence-corrected chi connectivity index (χ0v) is 6.97. The Morgan fingerprint density at radius 3 is 2.55 bits per heavy atom. The van der Waals surface area contributed by atoms with E-state index >= 15 is 0 Å². The summed E-state index contributed by atoms with van der Waals surface area (Å²) in [5.74, 6) is 0. The fourth-order valence-corrected chi connectivity index (χ4v) is 1.49. The Morgan fingerprint density at radius 2 is 2.18 bits per heavy atom. The van der Waals surface area contributed by atoms with Crippen LogP contribution in [0.1, 0.15) is 25.7 Å². The number of hydrogen-bond acceptors (Lipinski definition) is 3. The Bertz CT molecular complexity index is 107. The van der Waals surface area contributed by atoms with Gasteiger partial charge in [0.1, 0.15) is 0 Å². The van der Waals surface area contributed by atoms with E-state index in [2.05, 4.69) is 5.32 Å². The first-order valence-corrected chi connectivity index (χ1v) is 4.39. The number of nitrogens with one attached hydrogen (secondary N) is 1. The van der Waals surface area contributed by atoms with Crippen LogP contribution in [-0.2, 0) is 0 Å². The minimum atomic E-state index is 0.231. The average molecular weight is 158 g/mol. The van der Waals surface area contributed by atoms with E-state index in [-0.39, 0.29) is 12.1 Å². The van der Waals surface area contributed by atoms with Crippen molar-refractivity contribution in [3.63, 3.8) is 0 Å². The van der Waals surface area contributed by atoms with Gasteiger partial charge in [0.2, 0.25) is 0 Å². The molecule has 4 N–H and O–H groups in total. The third-order valence-electron chi connectivity index (χ3n) is 2.54. The second-order valence-corrected chi connectivity index (χ2v) is 3.34. The highest BCUT2D eigenvalue weighted by molar-refractivity contribution is 4.96. The van der Waals surface area contributed by atoms with E-state index in [9.17, 15) is 0 Å². The van der Waals surface area contributed by atoms with Crippen LogP contribution in [0, 0.1) is 0 Å². The lowest BCUT2D eigenvalue weighted by molar-refractivity contribution is 0.185. The van der Waals surface area contributed by atoms with E-state index in [4.69, 9.17) is 10.8 Å². The first-order valence-electron chi connectivity index (χ1n) is 4.39. The summed E-state index contributed by atoms with van der Waals surface area (Å²) >= 11 is 0. The van der Waals surface area contributed by atoms with Crippen LogP contribution >= 0.6 is 0 Å². The smallest absolute Gasteiger partial charge is 0.0443 e. The van der Waals surface area contributed by atoms with Gasteiger partial charge in [-0.15, -0.1) is 0 Å². The lowest BCUT2D eigenvalue weighted by Gasteiger charge is -2.42. The normalized spacial score (nSPS) is 21.3. The molecule has 1 fully saturated rings. The fourth-order valence-electron chi connectivity index (χ4n) is 1.49. The summed E-state index contributed by atoms with van der Waals surface area (Å²) < 4.78 is 0. The number of rotatable bonds is 5. The van der Waals surface area contributed by atoms with Gasteiger partial charge in [-0.3, -0.25) is 0 Å². The molecule has 0 amide bonds. The number of aliphatic hydroxyl groups excluding tert-OH is 1. The average Bonchev–Trinajstić information content (AvgIpc) is 1.95. The van der Waals surface area contributed by atoms with E-state index in [1.165, 1.54) is 19.3 Å². The van der Waals surface area contributed by atoms with Gasteiger partial charge in [-0.2, -0.15) is 0 Å². The van der Waals surface area contributed by atoms with Gasteiger partial charge in [0.25, 0.3) is 0 Å². The molecule has 0 aromatic rings. The molecule has 0 saturated heterocycles. The van der Waals surface area contributed by atoms with Crippen molar-refractivity contribution in [3.05, 3.63) is 0 Å². The van der Waals surface area contributed by atoms with Gasteiger partial charge in [-0.25, -0.2) is 0 Å². The molecule has 3 heteroatoms. The second-order valence-electron chi connectivity index (χ2n) is 3.34. The summed E-state index contributed by atoms with van der Waals surface area (Å²) in [7, 11) is 0. The molecule has 1 aliphatic rings. The van der Waals surface area contributed by atoms with Gasteiger partial charge < -0.3 is 16.2 Å². The minimum Gasteiger partial charge on any atom is -0.396 e. The van der Waals surface area contributed by atoms with E-state index < -0.39 is 0 Å². The first-order chi connectivity index (χ1) is 5.33. The molecular formula is C8H18N2O. The highest BCUT2D eigenvalue weighted by Crippen LogP contribution is 2.30. The van der Waals surface area contributed by atoms with Gasteiger partial charge in [0.05, 0.1) is 0 Å². The molecule has 0 bridgehead atoms. The molecule has 66 valence electrons. The van der Waals surface area contributed by atoms with Crippen molar-refractivity contribution < 1.29 is 5.11 Å². The molecule has 11 heavy (non-hydrogen) atoms. The number of aliphatic hydroxyl groups is 1. The Hall–Kier alpha value is -0.120. The van der Waals surface area contributed by atoms with Crippen LogP contribution in [0.15, 0.2) is 0 Å². The van der Waals surface area contributed by atoms with Crippen molar-refractivity contribution in [1.82, 2.24) is 5.32 Å². The Kier molecular flexibility index (Phi) is 3.30. The van der Waals surface area contributed by atoms with Gasteiger partial charge in [0.15, 0.2) is 0 Å². The molecular weight excluding hydrogens is 140 g/mol. The molecule has 1 aliphatic carbocycles. The van der Waals surface area contributed by atoms with Gasteiger partial charge >= 0.3 is 0 Å². The maximum atomic E-state index is 8.56. The predicted molar refractivity (Wildman–Crippen MR) is 45.3 cm³/mol. The van der Waals surface area contributed by atoms with Crippen molar-refractivity contribution in [1.29, 1.82) is 0 Å². The summed E-state index contributed by atoms with van der Waals surface area (Å²) in [6.07, 6.45) is 4.54. The first kappa shape index (κ1) is 8.97. The zero-order valence-electron chi connectivity index (χ0n) is 6.97. The second kappa shape index (κ2) is 4.04. The van der Waals surface area contributed by atoms with Crippen molar-refractivity contribution in [2.75, 3.05) is 19.7 Å². The van der Waals surface area contributed by atoms with Crippen LogP contribution in [0.3, 0.4) is 0 Å². The van der Waals surface area contributed by atoms with Gasteiger partial charge in [-0.1, -0.05) is 0 Å². The van der Waals surface area contributed by atoms with Crippen molar-refractivity contribution >= 4 is 0 Å². The quantitative estimate of drug-likeness (QED) is 0.487. The van der Waals surface area contributed by atoms with Crippen molar-refractivity contribution in [2.45, 2.75) is 31.2 Å². The highest BCUT2D eigenvalue weighted by Gasteiger charge is 2.34. The molecule has 0 atom stereocenters. The maximum Gasteiger partial charge on any atom is 0.0443 e. The van der Waals surface area contributed by atoms with Crippen LogP contribution in [-0.4, -0.2) is 30.3 Å². The number of hydrogen-bond donors (Lipinski definition) is 3. The van der Waals surface area contributed by atoms with Gasteiger partial charge in [-0.05, 0) is 32.2 Å². The Balaban J connectivity index is 2.11. The van der Waals surface area contributed by atoms with Crippen molar-refractivity contribution in [2.24, 2.45) is 5.73 Å². The molecule has 0 unspecified atom stereocenters. The monoisotopic (exact) mass is 158 g/mol. The van der Waals surface area contributed by atoms with Crippen LogP contribution in [0.25, 0.3) is 0 Å². The summed E-state index contributed by atoms with van der Waals surface area (Å²) in [6, 6.07) is 0. The van der Waals surface area contributed by atoms with E-state index in [0.717, 1.165) is 19.5 Å². The van der Waals surface area contributed by atoms with Crippen molar-refractivity contribution in [3.8, 4) is 0 Å². The highest BCUT2D eigenvalue weighted by atomic mass is 16.3. The summed E-state index contributed by atoms with van der Waals surface area (Å²) in [6.45, 7) is 1.90. The maximum absolute atomic E-state index is 8.56. The standard InChI is InChI=1S/C8H18N2O/c9-7-8(3-1-4-8)10-5-2-6-11/h10-11H,1-7,9H2. The Labute approximate surface area is 68.0 Å². The molecule has 0 heterocycles. The molecule has 0 aromatic heterocycles. The van der Waals surface area contributed by atoms with E-state index in [1.807, 2.05) is 0 Å².